The topological polar surface area (TPSA) is 29.1 Å². The Morgan fingerprint density at radius 2 is 2.31 bits per heavy atom. The lowest BCUT2D eigenvalue weighted by Crippen LogP contribution is -2.52. The summed E-state index contributed by atoms with van der Waals surface area (Å²) < 4.78 is 0. The van der Waals surface area contributed by atoms with Crippen LogP contribution in [0.25, 0.3) is 0 Å². The summed E-state index contributed by atoms with van der Waals surface area (Å²) in [7, 11) is 0. The minimum Gasteiger partial charge on any atom is -0.305 e. The summed E-state index contributed by atoms with van der Waals surface area (Å²) in [6, 6.07) is 0. The summed E-state index contributed by atoms with van der Waals surface area (Å²) in [6.45, 7) is 4.72. The van der Waals surface area contributed by atoms with Crippen molar-refractivity contribution in [3.8, 4) is 11.8 Å². The van der Waals surface area contributed by atoms with E-state index in [9.17, 15) is 4.79 Å². The number of rotatable bonds is 2. The van der Waals surface area contributed by atoms with Gasteiger partial charge in [-0.15, -0.1) is 5.92 Å². The van der Waals surface area contributed by atoms with Crippen molar-refractivity contribution < 1.29 is 4.79 Å². The molecule has 1 aliphatic rings. The molecule has 1 N–H and O–H groups in total. The van der Waals surface area contributed by atoms with Crippen molar-refractivity contribution in [1.82, 2.24) is 5.32 Å². The second kappa shape index (κ2) is 4.43. The normalized spacial score (nSPS) is 27.5. The molecule has 1 unspecified atom stereocenters. The van der Waals surface area contributed by atoms with E-state index in [0.29, 0.717) is 6.42 Å². The Labute approximate surface area is 80.1 Å². The summed E-state index contributed by atoms with van der Waals surface area (Å²) in [6.07, 6.45) is 3.67. The Morgan fingerprint density at radius 3 is 2.85 bits per heavy atom. The molecule has 72 valence electrons. The van der Waals surface area contributed by atoms with Gasteiger partial charge in [-0.05, 0) is 39.7 Å². The monoisotopic (exact) mass is 179 g/mol. The highest BCUT2D eigenvalue weighted by Gasteiger charge is 2.32. The SMILES string of the molecule is CC#CCC(=O)C1(C)CCCCN1. The Hall–Kier alpha value is -0.810. The van der Waals surface area contributed by atoms with E-state index < -0.39 is 0 Å². The summed E-state index contributed by atoms with van der Waals surface area (Å²) in [5.74, 6) is 5.82. The molecular formula is C11H17NO. The molecule has 1 aliphatic heterocycles. The highest BCUT2D eigenvalue weighted by molar-refractivity contribution is 5.89. The molecule has 1 heterocycles. The third-order valence-corrected chi connectivity index (χ3v) is 2.66. The third kappa shape index (κ3) is 2.57. The average molecular weight is 179 g/mol. The lowest BCUT2D eigenvalue weighted by molar-refractivity contribution is -0.124. The van der Waals surface area contributed by atoms with Crippen LogP contribution >= 0.6 is 0 Å². The van der Waals surface area contributed by atoms with E-state index in [1.165, 1.54) is 6.42 Å². The average Bonchev–Trinajstić information content (AvgIpc) is 2.15. The van der Waals surface area contributed by atoms with Crippen molar-refractivity contribution in [3.63, 3.8) is 0 Å². The fourth-order valence-electron chi connectivity index (χ4n) is 1.66. The summed E-state index contributed by atoms with van der Waals surface area (Å²) >= 11 is 0. The van der Waals surface area contributed by atoms with E-state index in [2.05, 4.69) is 17.2 Å². The zero-order chi connectivity index (χ0) is 9.73. The van der Waals surface area contributed by atoms with Gasteiger partial charge >= 0.3 is 0 Å². The van der Waals surface area contributed by atoms with Crippen molar-refractivity contribution in [2.45, 2.75) is 45.1 Å². The van der Waals surface area contributed by atoms with Gasteiger partial charge < -0.3 is 5.32 Å². The van der Waals surface area contributed by atoms with E-state index in [4.69, 9.17) is 0 Å². The molecule has 0 radical (unpaired) electrons. The predicted molar refractivity (Wildman–Crippen MR) is 53.3 cm³/mol. The highest BCUT2D eigenvalue weighted by Crippen LogP contribution is 2.20. The maximum absolute atomic E-state index is 11.7. The van der Waals surface area contributed by atoms with Crippen LogP contribution in [0.4, 0.5) is 0 Å². The molecule has 1 fully saturated rings. The number of nitrogens with one attached hydrogen (secondary N) is 1. The Kier molecular flexibility index (Phi) is 3.50. The molecule has 0 amide bonds. The maximum Gasteiger partial charge on any atom is 0.164 e. The molecule has 0 spiro atoms. The van der Waals surface area contributed by atoms with Gasteiger partial charge in [0.2, 0.25) is 0 Å². The first-order chi connectivity index (χ1) is 6.19. The van der Waals surface area contributed by atoms with E-state index >= 15 is 0 Å². The molecular weight excluding hydrogens is 162 g/mol. The van der Waals surface area contributed by atoms with E-state index in [1.807, 2.05) is 6.92 Å². The molecule has 0 aliphatic carbocycles. The van der Waals surface area contributed by atoms with Gasteiger partial charge in [0, 0.05) is 0 Å². The highest BCUT2D eigenvalue weighted by atomic mass is 16.1. The second-order valence-electron chi connectivity index (χ2n) is 3.74. The van der Waals surface area contributed by atoms with Gasteiger partial charge in [-0.1, -0.05) is 5.92 Å². The zero-order valence-electron chi connectivity index (χ0n) is 8.44. The Bertz CT molecular complexity index is 241. The molecule has 1 rings (SSSR count). The number of carbonyl (C=O) groups is 1. The third-order valence-electron chi connectivity index (χ3n) is 2.66. The molecule has 1 saturated heterocycles. The summed E-state index contributed by atoms with van der Waals surface area (Å²) in [5.41, 5.74) is -0.303. The molecule has 1 atom stereocenters. The van der Waals surface area contributed by atoms with Crippen molar-refractivity contribution in [2.24, 2.45) is 0 Å². The fourth-order valence-corrected chi connectivity index (χ4v) is 1.66. The largest absolute Gasteiger partial charge is 0.305 e. The first-order valence-corrected chi connectivity index (χ1v) is 4.87. The van der Waals surface area contributed by atoms with E-state index in [1.54, 1.807) is 6.92 Å². The molecule has 0 aromatic rings. The van der Waals surface area contributed by atoms with E-state index in [0.717, 1.165) is 19.4 Å². The zero-order valence-corrected chi connectivity index (χ0v) is 8.44. The van der Waals surface area contributed by atoms with Crippen molar-refractivity contribution in [3.05, 3.63) is 0 Å². The van der Waals surface area contributed by atoms with Crippen LogP contribution in [-0.2, 0) is 4.79 Å². The molecule has 0 aromatic carbocycles. The quantitative estimate of drug-likeness (QED) is 0.651. The van der Waals surface area contributed by atoms with Crippen LogP contribution in [0.2, 0.25) is 0 Å². The van der Waals surface area contributed by atoms with Crippen LogP contribution in [0, 0.1) is 11.8 Å². The first kappa shape index (κ1) is 10.3. The van der Waals surface area contributed by atoms with Gasteiger partial charge in [0.05, 0.1) is 12.0 Å². The molecule has 2 nitrogen and oxygen atoms in total. The van der Waals surface area contributed by atoms with Crippen molar-refractivity contribution >= 4 is 5.78 Å². The minimum atomic E-state index is -0.303. The molecule has 13 heavy (non-hydrogen) atoms. The fraction of sp³-hybridized carbons (Fsp3) is 0.727. The van der Waals surface area contributed by atoms with Gasteiger partial charge in [-0.2, -0.15) is 0 Å². The summed E-state index contributed by atoms with van der Waals surface area (Å²) in [5, 5.41) is 3.29. The van der Waals surface area contributed by atoms with Crippen LogP contribution in [-0.4, -0.2) is 17.9 Å². The predicted octanol–water partition coefficient (Wildman–Crippen LogP) is 1.50. The first-order valence-electron chi connectivity index (χ1n) is 4.87. The molecule has 0 bridgehead atoms. The van der Waals surface area contributed by atoms with E-state index in [-0.39, 0.29) is 11.3 Å². The number of hydrogen-bond donors (Lipinski definition) is 1. The van der Waals surface area contributed by atoms with Crippen LogP contribution in [0.1, 0.15) is 39.5 Å². The summed E-state index contributed by atoms with van der Waals surface area (Å²) in [4.78, 5) is 11.7. The van der Waals surface area contributed by atoms with Gasteiger partial charge in [-0.3, -0.25) is 4.79 Å². The lowest BCUT2D eigenvalue weighted by Gasteiger charge is -2.32. The number of Topliss-reactive ketones (excluding diaryl/α,β-unsaturated/α-hetero) is 1. The van der Waals surface area contributed by atoms with Crippen LogP contribution in [0.5, 0.6) is 0 Å². The van der Waals surface area contributed by atoms with Gasteiger partial charge in [-0.25, -0.2) is 0 Å². The van der Waals surface area contributed by atoms with Crippen LogP contribution < -0.4 is 5.32 Å². The molecule has 2 heteroatoms. The lowest BCUT2D eigenvalue weighted by atomic mass is 9.85. The van der Waals surface area contributed by atoms with Gasteiger partial charge in [0.1, 0.15) is 0 Å². The van der Waals surface area contributed by atoms with Crippen molar-refractivity contribution in [1.29, 1.82) is 0 Å². The van der Waals surface area contributed by atoms with Gasteiger partial charge in [0.25, 0.3) is 0 Å². The number of piperidine rings is 1. The van der Waals surface area contributed by atoms with Gasteiger partial charge in [0.15, 0.2) is 5.78 Å². The van der Waals surface area contributed by atoms with Crippen molar-refractivity contribution in [2.75, 3.05) is 6.54 Å². The Balaban J connectivity index is 2.54. The number of carbonyl (C=O) groups excluding carboxylic acids is 1. The number of hydrogen-bond acceptors (Lipinski definition) is 2. The Morgan fingerprint density at radius 1 is 1.54 bits per heavy atom. The van der Waals surface area contributed by atoms with Crippen LogP contribution in [0.3, 0.4) is 0 Å². The smallest absolute Gasteiger partial charge is 0.164 e. The second-order valence-corrected chi connectivity index (χ2v) is 3.74. The molecule has 0 saturated carbocycles. The number of ketones is 1. The maximum atomic E-state index is 11.7. The van der Waals surface area contributed by atoms with Crippen LogP contribution in [0.15, 0.2) is 0 Å². The standard InChI is InChI=1S/C11H17NO/c1-3-4-7-10(13)11(2)8-5-6-9-12-11/h12H,5-9H2,1-2H3. The molecule has 0 aromatic heterocycles. The minimum absolute atomic E-state index is 0.238.